The highest BCUT2D eigenvalue weighted by Crippen LogP contribution is 2.17. The highest BCUT2D eigenvalue weighted by atomic mass is 127. The number of guanidine groups is 1. The quantitative estimate of drug-likeness (QED) is 0.387. The van der Waals surface area contributed by atoms with Crippen molar-refractivity contribution in [3.05, 3.63) is 35.9 Å². The van der Waals surface area contributed by atoms with Crippen molar-refractivity contribution in [2.45, 2.75) is 45.2 Å². The summed E-state index contributed by atoms with van der Waals surface area (Å²) in [5.41, 5.74) is 1.23. The first-order valence-electron chi connectivity index (χ1n) is 8.52. The van der Waals surface area contributed by atoms with Crippen molar-refractivity contribution in [3.63, 3.8) is 0 Å². The van der Waals surface area contributed by atoms with Gasteiger partial charge in [0.15, 0.2) is 5.96 Å². The third kappa shape index (κ3) is 6.30. The van der Waals surface area contributed by atoms with Gasteiger partial charge in [-0.3, -0.25) is 9.79 Å². The SMILES string of the molecule is CCC(CCNC(=NC)NCc1ccccc1)N1CCCC1=O.I. The standard InChI is InChI=1S/C18H28N4O.HI/c1-3-16(22-13-7-10-17(22)23)11-12-20-18(19-2)21-14-15-8-5-4-6-9-15;/h4-6,8-9,16H,3,7,10-14H2,1-2H3,(H2,19,20,21);1H. The van der Waals surface area contributed by atoms with Crippen LogP contribution in [0.4, 0.5) is 0 Å². The molecule has 1 aliphatic rings. The largest absolute Gasteiger partial charge is 0.356 e. The van der Waals surface area contributed by atoms with Crippen LogP contribution in [0, 0.1) is 0 Å². The van der Waals surface area contributed by atoms with Crippen LogP contribution >= 0.6 is 24.0 Å². The summed E-state index contributed by atoms with van der Waals surface area (Å²) < 4.78 is 0. The number of benzene rings is 1. The van der Waals surface area contributed by atoms with E-state index in [-0.39, 0.29) is 24.0 Å². The monoisotopic (exact) mass is 444 g/mol. The molecule has 1 atom stereocenters. The van der Waals surface area contributed by atoms with Crippen LogP contribution < -0.4 is 10.6 Å². The van der Waals surface area contributed by atoms with Crippen LogP contribution in [0.3, 0.4) is 0 Å². The van der Waals surface area contributed by atoms with Crippen molar-refractivity contribution >= 4 is 35.8 Å². The Balaban J connectivity index is 0.00000288. The number of likely N-dealkylation sites (tertiary alicyclic amines) is 1. The third-order valence-corrected chi connectivity index (χ3v) is 4.32. The number of amides is 1. The van der Waals surface area contributed by atoms with Gasteiger partial charge in [-0.2, -0.15) is 0 Å². The predicted molar refractivity (Wildman–Crippen MR) is 110 cm³/mol. The highest BCUT2D eigenvalue weighted by molar-refractivity contribution is 14.0. The number of nitrogens with zero attached hydrogens (tertiary/aromatic N) is 2. The Morgan fingerprint density at radius 3 is 2.62 bits per heavy atom. The van der Waals surface area contributed by atoms with Crippen LogP contribution in [0.5, 0.6) is 0 Å². The summed E-state index contributed by atoms with van der Waals surface area (Å²) in [6.07, 6.45) is 3.67. The van der Waals surface area contributed by atoms with Crippen LogP contribution in [-0.2, 0) is 11.3 Å². The van der Waals surface area contributed by atoms with Gasteiger partial charge in [0.25, 0.3) is 0 Å². The molecule has 0 aromatic heterocycles. The van der Waals surface area contributed by atoms with Gasteiger partial charge in [0.05, 0.1) is 0 Å². The summed E-state index contributed by atoms with van der Waals surface area (Å²) in [5.74, 6) is 1.11. The molecular formula is C18H29IN4O. The minimum atomic E-state index is 0. The van der Waals surface area contributed by atoms with Gasteiger partial charge < -0.3 is 15.5 Å². The fourth-order valence-electron chi connectivity index (χ4n) is 2.99. The minimum absolute atomic E-state index is 0. The Morgan fingerprint density at radius 2 is 2.04 bits per heavy atom. The number of hydrogen-bond acceptors (Lipinski definition) is 2. The van der Waals surface area contributed by atoms with E-state index in [0.29, 0.717) is 18.4 Å². The van der Waals surface area contributed by atoms with Gasteiger partial charge in [-0.15, -0.1) is 24.0 Å². The molecule has 0 saturated carbocycles. The third-order valence-electron chi connectivity index (χ3n) is 4.32. The topological polar surface area (TPSA) is 56.7 Å². The molecule has 1 heterocycles. The van der Waals surface area contributed by atoms with E-state index in [1.54, 1.807) is 7.05 Å². The zero-order chi connectivity index (χ0) is 16.5. The average Bonchev–Trinajstić information content (AvgIpc) is 3.01. The van der Waals surface area contributed by atoms with Gasteiger partial charge in [0.2, 0.25) is 5.91 Å². The minimum Gasteiger partial charge on any atom is -0.356 e. The lowest BCUT2D eigenvalue weighted by atomic mass is 10.1. The van der Waals surface area contributed by atoms with Crippen molar-refractivity contribution in [2.75, 3.05) is 20.1 Å². The molecule has 1 aromatic rings. The molecule has 134 valence electrons. The lowest BCUT2D eigenvalue weighted by molar-refractivity contribution is -0.129. The van der Waals surface area contributed by atoms with Crippen LogP contribution in [0.15, 0.2) is 35.3 Å². The second-order valence-electron chi connectivity index (χ2n) is 5.88. The molecule has 0 aliphatic carbocycles. The predicted octanol–water partition coefficient (Wildman–Crippen LogP) is 2.76. The summed E-state index contributed by atoms with van der Waals surface area (Å²) in [7, 11) is 1.78. The molecule has 2 rings (SSSR count). The van der Waals surface area contributed by atoms with Crippen LogP contribution in [0.25, 0.3) is 0 Å². The zero-order valence-corrected chi connectivity index (χ0v) is 17.0. The molecule has 1 aliphatic heterocycles. The molecule has 1 amide bonds. The maximum Gasteiger partial charge on any atom is 0.222 e. The van der Waals surface area contributed by atoms with E-state index in [2.05, 4.69) is 34.7 Å². The first-order chi connectivity index (χ1) is 11.2. The molecular weight excluding hydrogens is 415 g/mol. The van der Waals surface area contributed by atoms with Gasteiger partial charge >= 0.3 is 0 Å². The van der Waals surface area contributed by atoms with Crippen molar-refractivity contribution in [3.8, 4) is 0 Å². The zero-order valence-electron chi connectivity index (χ0n) is 14.6. The van der Waals surface area contributed by atoms with E-state index in [1.165, 1.54) is 5.56 Å². The Hall–Kier alpha value is -1.31. The van der Waals surface area contributed by atoms with E-state index in [9.17, 15) is 4.79 Å². The fourth-order valence-corrected chi connectivity index (χ4v) is 2.99. The average molecular weight is 444 g/mol. The van der Waals surface area contributed by atoms with Gasteiger partial charge in [0, 0.05) is 39.1 Å². The Bertz CT molecular complexity index is 521. The number of nitrogens with one attached hydrogen (secondary N) is 2. The normalized spacial score (nSPS) is 15.8. The van der Waals surface area contributed by atoms with Gasteiger partial charge in [0.1, 0.15) is 0 Å². The maximum atomic E-state index is 11.9. The van der Waals surface area contributed by atoms with Gasteiger partial charge in [-0.25, -0.2) is 0 Å². The number of rotatable bonds is 7. The Kier molecular flexibility index (Phi) is 9.75. The van der Waals surface area contributed by atoms with Crippen LogP contribution in [-0.4, -0.2) is 42.9 Å². The van der Waals surface area contributed by atoms with Crippen LogP contribution in [0.1, 0.15) is 38.2 Å². The number of aliphatic imine (C=N–C) groups is 1. The van der Waals surface area contributed by atoms with Crippen molar-refractivity contribution in [1.29, 1.82) is 0 Å². The number of carbonyl (C=O) groups excluding carboxylic acids is 1. The van der Waals surface area contributed by atoms with E-state index in [0.717, 1.165) is 44.9 Å². The number of carbonyl (C=O) groups is 1. The number of halogens is 1. The first-order valence-corrected chi connectivity index (χ1v) is 8.52. The molecule has 0 radical (unpaired) electrons. The van der Waals surface area contributed by atoms with Crippen molar-refractivity contribution < 1.29 is 4.79 Å². The molecule has 24 heavy (non-hydrogen) atoms. The molecule has 1 saturated heterocycles. The molecule has 1 fully saturated rings. The van der Waals surface area contributed by atoms with E-state index in [4.69, 9.17) is 0 Å². The van der Waals surface area contributed by atoms with Crippen LogP contribution in [0.2, 0.25) is 0 Å². The molecule has 1 unspecified atom stereocenters. The summed E-state index contributed by atoms with van der Waals surface area (Å²) in [6.45, 7) is 4.64. The summed E-state index contributed by atoms with van der Waals surface area (Å²) in [5, 5.41) is 6.66. The molecule has 2 N–H and O–H groups in total. The summed E-state index contributed by atoms with van der Waals surface area (Å²) in [6, 6.07) is 10.6. The highest BCUT2D eigenvalue weighted by Gasteiger charge is 2.26. The lowest BCUT2D eigenvalue weighted by Crippen LogP contribution is -2.41. The smallest absolute Gasteiger partial charge is 0.222 e. The van der Waals surface area contributed by atoms with Gasteiger partial charge in [-0.1, -0.05) is 37.3 Å². The lowest BCUT2D eigenvalue weighted by Gasteiger charge is -2.27. The summed E-state index contributed by atoms with van der Waals surface area (Å²) >= 11 is 0. The van der Waals surface area contributed by atoms with E-state index in [1.807, 2.05) is 23.1 Å². The fraction of sp³-hybridized carbons (Fsp3) is 0.556. The second kappa shape index (κ2) is 11.3. The van der Waals surface area contributed by atoms with E-state index >= 15 is 0 Å². The number of hydrogen-bond donors (Lipinski definition) is 2. The summed E-state index contributed by atoms with van der Waals surface area (Å²) in [4.78, 5) is 18.2. The van der Waals surface area contributed by atoms with Crippen molar-refractivity contribution in [2.24, 2.45) is 4.99 Å². The molecule has 0 bridgehead atoms. The maximum absolute atomic E-state index is 11.9. The Morgan fingerprint density at radius 1 is 1.29 bits per heavy atom. The second-order valence-corrected chi connectivity index (χ2v) is 5.88. The molecule has 1 aromatic carbocycles. The van der Waals surface area contributed by atoms with Crippen molar-refractivity contribution in [1.82, 2.24) is 15.5 Å². The van der Waals surface area contributed by atoms with Gasteiger partial charge in [-0.05, 0) is 24.8 Å². The Labute approximate surface area is 162 Å². The molecule has 5 nitrogen and oxygen atoms in total. The molecule has 0 spiro atoms. The molecule has 6 heteroatoms. The first kappa shape index (κ1) is 20.7. The van der Waals surface area contributed by atoms with E-state index < -0.39 is 0 Å².